The maximum Gasteiger partial charge on any atom is 0.221 e. The van der Waals surface area contributed by atoms with Crippen molar-refractivity contribution in [1.29, 1.82) is 0 Å². The molecule has 0 bridgehead atoms. The molecule has 1 aromatic heterocycles. The van der Waals surface area contributed by atoms with Crippen LogP contribution in [0.1, 0.15) is 46.0 Å². The van der Waals surface area contributed by atoms with Gasteiger partial charge in [0.15, 0.2) is 0 Å². The highest BCUT2D eigenvalue weighted by Crippen LogP contribution is 2.25. The maximum absolute atomic E-state index is 5.91. The number of anilines is 1. The highest BCUT2D eigenvalue weighted by Gasteiger charge is 2.20. The van der Waals surface area contributed by atoms with E-state index in [4.69, 9.17) is 15.2 Å². The Kier molecular flexibility index (Phi) is 5.11. The number of aromatic nitrogens is 2. The molecule has 0 aliphatic rings. The summed E-state index contributed by atoms with van der Waals surface area (Å²) in [6, 6.07) is 0. The van der Waals surface area contributed by atoms with E-state index in [0.717, 1.165) is 5.56 Å². The molecule has 0 amide bonds. The third-order valence-corrected chi connectivity index (χ3v) is 2.58. The van der Waals surface area contributed by atoms with E-state index in [-0.39, 0.29) is 11.5 Å². The van der Waals surface area contributed by atoms with Crippen LogP contribution in [0, 0.1) is 6.92 Å². The molecule has 1 rings (SSSR count). The fraction of sp³-hybridized carbons (Fsp3) is 0.714. The highest BCUT2D eigenvalue weighted by atomic mass is 16.5. The first kappa shape index (κ1) is 15.7. The van der Waals surface area contributed by atoms with Gasteiger partial charge < -0.3 is 15.2 Å². The molecule has 19 heavy (non-hydrogen) atoms. The minimum Gasteiger partial charge on any atom is -0.475 e. The van der Waals surface area contributed by atoms with E-state index in [0.29, 0.717) is 30.7 Å². The molecule has 0 radical (unpaired) electrons. The van der Waals surface area contributed by atoms with Crippen LogP contribution in [0.4, 0.5) is 5.82 Å². The van der Waals surface area contributed by atoms with Crippen LogP contribution in [0.5, 0.6) is 5.88 Å². The van der Waals surface area contributed by atoms with E-state index in [1.165, 1.54) is 0 Å². The van der Waals surface area contributed by atoms with Gasteiger partial charge in [-0.05, 0) is 20.8 Å². The fourth-order valence-corrected chi connectivity index (χ4v) is 1.41. The number of hydrogen-bond acceptors (Lipinski definition) is 5. The molecule has 0 aliphatic carbocycles. The Hall–Kier alpha value is -1.36. The Morgan fingerprint density at radius 3 is 2.32 bits per heavy atom. The molecule has 108 valence electrons. The predicted octanol–water partition coefficient (Wildman–Crippen LogP) is 2.47. The van der Waals surface area contributed by atoms with E-state index >= 15 is 0 Å². The lowest BCUT2D eigenvalue weighted by Crippen LogP contribution is -2.19. The quantitative estimate of drug-likeness (QED) is 0.830. The van der Waals surface area contributed by atoms with Crippen molar-refractivity contribution >= 4 is 5.82 Å². The minimum absolute atomic E-state index is 0.158. The molecule has 0 atom stereocenters. The summed E-state index contributed by atoms with van der Waals surface area (Å²) in [5.41, 5.74) is 6.53. The van der Waals surface area contributed by atoms with E-state index in [9.17, 15) is 0 Å². The number of nitrogen functional groups attached to an aromatic ring is 1. The summed E-state index contributed by atoms with van der Waals surface area (Å²) in [7, 11) is 0. The summed E-state index contributed by atoms with van der Waals surface area (Å²) in [5.74, 6) is 1.71. The van der Waals surface area contributed by atoms with E-state index in [1.807, 2.05) is 41.5 Å². The van der Waals surface area contributed by atoms with Gasteiger partial charge in [0.1, 0.15) is 18.2 Å². The zero-order valence-electron chi connectivity index (χ0n) is 12.8. The SMILES string of the molecule is Cc1c(N)nc(C(C)(C)C)nc1OCCOC(C)C. The minimum atomic E-state index is -0.158. The molecule has 0 fully saturated rings. The number of ether oxygens (including phenoxy) is 2. The van der Waals surface area contributed by atoms with E-state index in [2.05, 4.69) is 9.97 Å². The topological polar surface area (TPSA) is 70.3 Å². The monoisotopic (exact) mass is 267 g/mol. The van der Waals surface area contributed by atoms with Gasteiger partial charge in [-0.25, -0.2) is 4.98 Å². The molecular formula is C14H25N3O2. The van der Waals surface area contributed by atoms with Gasteiger partial charge in [0, 0.05) is 5.41 Å². The molecule has 0 unspecified atom stereocenters. The average Bonchev–Trinajstić information content (AvgIpc) is 2.27. The van der Waals surface area contributed by atoms with Crippen LogP contribution in [0.3, 0.4) is 0 Å². The van der Waals surface area contributed by atoms with Gasteiger partial charge >= 0.3 is 0 Å². The van der Waals surface area contributed by atoms with Crippen LogP contribution in [-0.2, 0) is 10.2 Å². The Balaban J connectivity index is 2.79. The largest absolute Gasteiger partial charge is 0.475 e. The van der Waals surface area contributed by atoms with Crippen LogP contribution < -0.4 is 10.5 Å². The predicted molar refractivity (Wildman–Crippen MR) is 76.5 cm³/mol. The van der Waals surface area contributed by atoms with Crippen LogP contribution in [-0.4, -0.2) is 29.3 Å². The van der Waals surface area contributed by atoms with Gasteiger partial charge in [-0.1, -0.05) is 20.8 Å². The maximum atomic E-state index is 5.91. The standard InChI is InChI=1S/C14H25N3O2/c1-9(2)18-7-8-19-12-10(3)11(15)16-13(17-12)14(4,5)6/h9H,7-8H2,1-6H3,(H2,15,16,17). The van der Waals surface area contributed by atoms with Crippen LogP contribution in [0.2, 0.25) is 0 Å². The highest BCUT2D eigenvalue weighted by molar-refractivity contribution is 5.45. The zero-order valence-corrected chi connectivity index (χ0v) is 12.8. The Morgan fingerprint density at radius 1 is 1.16 bits per heavy atom. The summed E-state index contributed by atoms with van der Waals surface area (Å²) >= 11 is 0. The van der Waals surface area contributed by atoms with Crippen LogP contribution in [0.15, 0.2) is 0 Å². The van der Waals surface area contributed by atoms with Crippen molar-refractivity contribution in [2.75, 3.05) is 18.9 Å². The van der Waals surface area contributed by atoms with Gasteiger partial charge in [-0.15, -0.1) is 0 Å². The van der Waals surface area contributed by atoms with Crippen molar-refractivity contribution in [3.63, 3.8) is 0 Å². The zero-order chi connectivity index (χ0) is 14.6. The number of rotatable bonds is 5. The normalized spacial score (nSPS) is 11.9. The summed E-state index contributed by atoms with van der Waals surface area (Å²) in [6.45, 7) is 13.0. The van der Waals surface area contributed by atoms with Gasteiger partial charge in [-0.3, -0.25) is 0 Å². The first-order valence-electron chi connectivity index (χ1n) is 6.60. The second-order valence-electron chi connectivity index (χ2n) is 5.88. The summed E-state index contributed by atoms with van der Waals surface area (Å²) < 4.78 is 11.1. The Morgan fingerprint density at radius 2 is 1.79 bits per heavy atom. The first-order valence-corrected chi connectivity index (χ1v) is 6.60. The summed E-state index contributed by atoms with van der Waals surface area (Å²) in [6.07, 6.45) is 0.199. The molecule has 5 nitrogen and oxygen atoms in total. The summed E-state index contributed by atoms with van der Waals surface area (Å²) in [4.78, 5) is 8.77. The lowest BCUT2D eigenvalue weighted by molar-refractivity contribution is 0.0540. The third kappa shape index (κ3) is 4.67. The fourth-order valence-electron chi connectivity index (χ4n) is 1.41. The van der Waals surface area contributed by atoms with Crippen molar-refractivity contribution in [2.45, 2.75) is 53.1 Å². The van der Waals surface area contributed by atoms with Crippen molar-refractivity contribution in [3.8, 4) is 5.88 Å². The number of nitrogens with two attached hydrogens (primary N) is 1. The van der Waals surface area contributed by atoms with Crippen LogP contribution in [0.25, 0.3) is 0 Å². The third-order valence-electron chi connectivity index (χ3n) is 2.58. The number of nitrogens with zero attached hydrogens (tertiary/aromatic N) is 2. The molecule has 0 aromatic carbocycles. The second kappa shape index (κ2) is 6.19. The van der Waals surface area contributed by atoms with Gasteiger partial charge in [0.05, 0.1) is 18.3 Å². The molecule has 1 heterocycles. The van der Waals surface area contributed by atoms with Crippen molar-refractivity contribution < 1.29 is 9.47 Å². The molecule has 0 aliphatic heterocycles. The first-order chi connectivity index (χ1) is 8.71. The smallest absolute Gasteiger partial charge is 0.221 e. The van der Waals surface area contributed by atoms with Crippen molar-refractivity contribution in [1.82, 2.24) is 9.97 Å². The summed E-state index contributed by atoms with van der Waals surface area (Å²) in [5, 5.41) is 0. The lowest BCUT2D eigenvalue weighted by Gasteiger charge is -2.19. The van der Waals surface area contributed by atoms with E-state index in [1.54, 1.807) is 0 Å². The molecule has 1 aromatic rings. The molecule has 0 saturated heterocycles. The van der Waals surface area contributed by atoms with Crippen LogP contribution >= 0.6 is 0 Å². The molecular weight excluding hydrogens is 242 g/mol. The molecule has 0 saturated carbocycles. The van der Waals surface area contributed by atoms with Gasteiger partial charge in [0.2, 0.25) is 5.88 Å². The second-order valence-corrected chi connectivity index (χ2v) is 5.88. The number of hydrogen-bond donors (Lipinski definition) is 1. The lowest BCUT2D eigenvalue weighted by atomic mass is 9.95. The van der Waals surface area contributed by atoms with Gasteiger partial charge in [-0.2, -0.15) is 4.98 Å². The Labute approximate surface area is 115 Å². The molecule has 0 spiro atoms. The van der Waals surface area contributed by atoms with E-state index < -0.39 is 0 Å². The molecule has 2 N–H and O–H groups in total. The molecule has 5 heteroatoms. The average molecular weight is 267 g/mol. The van der Waals surface area contributed by atoms with Crippen molar-refractivity contribution in [3.05, 3.63) is 11.4 Å². The van der Waals surface area contributed by atoms with Crippen molar-refractivity contribution in [2.24, 2.45) is 0 Å². The van der Waals surface area contributed by atoms with Gasteiger partial charge in [0.25, 0.3) is 0 Å². The Bertz CT molecular complexity index is 425.